The predicted octanol–water partition coefficient (Wildman–Crippen LogP) is 3.98. The van der Waals surface area contributed by atoms with Crippen molar-refractivity contribution in [3.8, 4) is 23.7 Å². The number of carboxylic acids is 1. The van der Waals surface area contributed by atoms with Crippen LogP contribution in [0, 0.1) is 47.0 Å². The summed E-state index contributed by atoms with van der Waals surface area (Å²) in [5.41, 5.74) is 5.98. The number of hydrogen-bond acceptors (Lipinski definition) is 25. The number of nitrogens with two attached hydrogens (primary N) is 1. The molecule has 12 amide bonds. The summed E-state index contributed by atoms with van der Waals surface area (Å²) in [7, 11) is 0. The molecule has 132 heavy (non-hydrogen) atoms. The quantitative estimate of drug-likeness (QED) is 0.00857. The minimum absolute atomic E-state index is 0. The molecular formula is C91H98F4N12O24S. The van der Waals surface area contributed by atoms with Gasteiger partial charge in [-0.3, -0.25) is 78.0 Å². The zero-order chi connectivity index (χ0) is 92.6. The summed E-state index contributed by atoms with van der Waals surface area (Å²) in [4.78, 5) is 172. The van der Waals surface area contributed by atoms with Gasteiger partial charge in [0, 0.05) is 134 Å². The van der Waals surface area contributed by atoms with Crippen LogP contribution < -0.4 is 42.1 Å². The van der Waals surface area contributed by atoms with E-state index in [0.29, 0.717) is 158 Å². The fourth-order valence-electron chi connectivity index (χ4n) is 14.6. The Balaban J connectivity index is 0.000000224. The third kappa shape index (κ3) is 25.8. The van der Waals surface area contributed by atoms with Crippen LogP contribution in [-0.4, -0.2) is 267 Å². The minimum Gasteiger partial charge on any atom is -0.477 e. The van der Waals surface area contributed by atoms with Crippen LogP contribution in [0.15, 0.2) is 121 Å². The number of imide groups is 4. The topological polar surface area (TPSA) is 487 Å². The number of piperidine rings is 2. The van der Waals surface area contributed by atoms with Crippen LogP contribution in [-0.2, 0) is 95.9 Å². The second-order valence-corrected chi connectivity index (χ2v) is 30.1. The van der Waals surface area contributed by atoms with E-state index in [1.54, 1.807) is 42.5 Å². The number of benzene rings is 6. The van der Waals surface area contributed by atoms with Gasteiger partial charge in [-0.25, -0.2) is 22.4 Å². The highest BCUT2D eigenvalue weighted by molar-refractivity contribution is 7.59. The molecule has 700 valence electrons. The fraction of sp³-hybridized carbons (Fsp3) is 0.374. The minimum atomic E-state index is -2.33. The van der Waals surface area contributed by atoms with Crippen LogP contribution in [0.2, 0.25) is 0 Å². The summed E-state index contributed by atoms with van der Waals surface area (Å²) < 4.78 is 97.1. The fourth-order valence-corrected chi connectivity index (χ4v) is 14.6. The standard InChI is InChI=1S/C45H46F2N6O11.C24H29N3O8.C21H17F2N3O5.CH4.H2S/c46-31-20-29(21-32(47)25-31)26-49-43(58)45(60)9-11-52(44(45)59)34-4-6-37-30(24-34)23-33(50-37)27-48-10-13-62-15-17-64-19-18-63-16-14-61-12-1-2-28-3-5-35-36(22-28)42(57)53(41(35)56)38-7-8-39(54)51-40(38)55;25-7-9-33-11-13-35-15-14-34-12-10-32-8-1-2-17-3-4-18-19(16-17)24(31)27(23(18)30)20-5-6-21(28)26-22(20)29;22-13-5-11(6-14(23)9-13)10-24-19(29)21(31)3-4-26(20(21)30)15-1-2-16-12(7-15)8-17(25-16)18(27)28;;/h3-6,20-25,38,48,50,60H,7-19,26-27H2,(H,49,58)(H,51,54,55);3-4,16,20H,5-15,25H2,(H,26,28,29);1-2,5-9,25,31H,3-4,10H2,(H,24,29)(H,27,28);1H4;1H2/t38?,45-;;21-;;/m0.0../s1. The first-order valence-electron chi connectivity index (χ1n) is 41.4. The molecule has 0 saturated carbocycles. The highest BCUT2D eigenvalue weighted by Gasteiger charge is 2.54. The second-order valence-electron chi connectivity index (χ2n) is 30.1. The Kier molecular flexibility index (Phi) is 36.6. The molecule has 0 spiro atoms. The number of hydrogen-bond donors (Lipinski definition) is 11. The number of anilines is 2. The molecule has 8 heterocycles. The molecule has 0 aliphatic carbocycles. The third-order valence-corrected chi connectivity index (χ3v) is 21.1. The number of nitrogens with zero attached hydrogens (tertiary/aromatic N) is 4. The number of aliphatic hydroxyl groups is 2. The summed E-state index contributed by atoms with van der Waals surface area (Å²) in [6.07, 6.45) is -0.00859. The molecule has 12 N–H and O–H groups in total. The number of carboxylic acid groups (broad SMARTS) is 1. The van der Waals surface area contributed by atoms with Gasteiger partial charge < -0.3 is 94.7 Å². The summed E-state index contributed by atoms with van der Waals surface area (Å²) in [6, 6.07) is 26.3. The SMILES string of the molecule is C.NCCOCCOCCOCCOCC#Cc1ccc2c(c1)C(=O)N(C1CCC(=O)NC1=O)C2=O.O=C(O)c1cc2cc(N3CC[C@](O)(C(=O)NCc4cc(F)cc(F)c4)C3=O)ccc2[nH]1.O=C1CCC(N2C(=O)c3ccc(C#CCOCCOCCOCCOCCNCc4cc5cc(N6CC[C@](O)(C(=O)NCc7cc(F)cc(F)c7)C6=O)ccc5[nH]4)cc3C2=O)C(=O)N1.S. The Bertz CT molecular complexity index is 5740. The number of ether oxygens (including phenoxy) is 8. The average molecular weight is 1850 g/mol. The second kappa shape index (κ2) is 47.7. The first-order chi connectivity index (χ1) is 62.6. The number of rotatable bonds is 38. The average Bonchev–Trinajstić information content (AvgIpc) is 1.62. The normalized spacial score (nSPS) is 17.9. The van der Waals surface area contributed by atoms with Crippen LogP contribution in [0.4, 0.5) is 28.9 Å². The lowest BCUT2D eigenvalue weighted by Crippen LogP contribution is -2.54. The number of H-pyrrole nitrogens is 2. The van der Waals surface area contributed by atoms with Crippen molar-refractivity contribution < 1.29 is 133 Å². The Hall–Kier alpha value is -13.0. The van der Waals surface area contributed by atoms with Gasteiger partial charge in [0.1, 0.15) is 54.3 Å². The van der Waals surface area contributed by atoms with Crippen molar-refractivity contribution >= 4 is 124 Å². The maximum Gasteiger partial charge on any atom is 0.352 e. The predicted molar refractivity (Wildman–Crippen MR) is 468 cm³/mol. The molecule has 4 atom stereocenters. The van der Waals surface area contributed by atoms with E-state index in [0.717, 1.165) is 50.7 Å². The Morgan fingerprint density at radius 2 is 0.848 bits per heavy atom. The highest BCUT2D eigenvalue weighted by atomic mass is 32.1. The number of carbonyl (C=O) groups is 13. The molecule has 0 bridgehead atoms. The number of aromatic nitrogens is 2. The molecule has 6 aliphatic rings. The van der Waals surface area contributed by atoms with Crippen molar-refractivity contribution in [2.24, 2.45) is 5.73 Å². The van der Waals surface area contributed by atoms with Crippen molar-refractivity contribution in [3.63, 3.8) is 0 Å². The van der Waals surface area contributed by atoms with Crippen LogP contribution in [0.5, 0.6) is 0 Å². The molecule has 6 aliphatic heterocycles. The van der Waals surface area contributed by atoms with E-state index in [-0.39, 0.29) is 138 Å². The van der Waals surface area contributed by atoms with Crippen molar-refractivity contribution in [2.45, 2.75) is 88.9 Å². The van der Waals surface area contributed by atoms with Gasteiger partial charge in [-0.2, -0.15) is 13.5 Å². The van der Waals surface area contributed by atoms with E-state index in [9.17, 15) is 90.1 Å². The lowest BCUT2D eigenvalue weighted by molar-refractivity contribution is -0.150. The van der Waals surface area contributed by atoms with Crippen LogP contribution in [0.25, 0.3) is 21.8 Å². The van der Waals surface area contributed by atoms with E-state index < -0.39 is 123 Å². The van der Waals surface area contributed by atoms with E-state index in [1.807, 2.05) is 12.1 Å². The van der Waals surface area contributed by atoms with Crippen LogP contribution in [0.1, 0.15) is 126 Å². The van der Waals surface area contributed by atoms with Gasteiger partial charge in [-0.05, 0) is 133 Å². The molecule has 4 saturated heterocycles. The van der Waals surface area contributed by atoms with Crippen molar-refractivity contribution in [1.29, 1.82) is 0 Å². The van der Waals surface area contributed by atoms with E-state index in [4.69, 9.17) is 48.7 Å². The highest BCUT2D eigenvalue weighted by Crippen LogP contribution is 2.35. The van der Waals surface area contributed by atoms with E-state index >= 15 is 0 Å². The molecule has 2 aromatic heterocycles. The summed E-state index contributed by atoms with van der Waals surface area (Å²) in [6.45, 7) is 7.41. The maximum atomic E-state index is 13.5. The number of halogens is 4. The number of nitrogens with one attached hydrogen (secondary N) is 7. The lowest BCUT2D eigenvalue weighted by atomic mass is 10.0. The number of amides is 12. The number of aromatic amines is 2. The van der Waals surface area contributed by atoms with Crippen molar-refractivity contribution in [3.05, 3.63) is 200 Å². The van der Waals surface area contributed by atoms with Gasteiger partial charge >= 0.3 is 5.97 Å². The molecule has 0 radical (unpaired) electrons. The molecule has 14 rings (SSSR count). The van der Waals surface area contributed by atoms with Gasteiger partial charge in [0.05, 0.1) is 115 Å². The number of fused-ring (bicyclic) bond motifs is 4. The molecule has 8 aromatic rings. The summed E-state index contributed by atoms with van der Waals surface area (Å²) in [5.74, 6) is -0.797. The first kappa shape index (κ1) is 101. The molecule has 2 unspecified atom stereocenters. The largest absolute Gasteiger partial charge is 0.477 e. The molecule has 36 nitrogen and oxygen atoms in total. The van der Waals surface area contributed by atoms with Crippen LogP contribution in [0.3, 0.4) is 0 Å². The summed E-state index contributed by atoms with van der Waals surface area (Å²) in [5, 5.41) is 44.6. The van der Waals surface area contributed by atoms with E-state index in [1.165, 1.54) is 40.1 Å². The number of carbonyl (C=O) groups excluding carboxylic acids is 12. The van der Waals surface area contributed by atoms with Gasteiger partial charge in [0.25, 0.3) is 47.3 Å². The van der Waals surface area contributed by atoms with Crippen LogP contribution >= 0.6 is 13.5 Å². The number of aromatic carboxylic acids is 1. The van der Waals surface area contributed by atoms with Crippen molar-refractivity contribution in [2.75, 3.05) is 142 Å². The zero-order valence-corrected chi connectivity index (χ0v) is 71.5. The molecule has 4 fully saturated rings. The summed E-state index contributed by atoms with van der Waals surface area (Å²) >= 11 is 0. The molecular weight excluding hydrogens is 1750 g/mol. The van der Waals surface area contributed by atoms with E-state index in [2.05, 4.69) is 60.2 Å². The Morgan fingerprint density at radius 1 is 0.462 bits per heavy atom. The lowest BCUT2D eigenvalue weighted by Gasteiger charge is -2.27. The van der Waals surface area contributed by atoms with Gasteiger partial charge in [-0.15, -0.1) is 0 Å². The van der Waals surface area contributed by atoms with Gasteiger partial charge in [0.2, 0.25) is 34.8 Å². The first-order valence-corrected chi connectivity index (χ1v) is 41.4. The third-order valence-electron chi connectivity index (χ3n) is 21.1. The molecule has 41 heteroatoms. The monoisotopic (exact) mass is 1850 g/mol. The van der Waals surface area contributed by atoms with Gasteiger partial charge in [0.15, 0.2) is 0 Å². The molecule has 6 aromatic carbocycles. The zero-order valence-electron chi connectivity index (χ0n) is 70.5. The Morgan fingerprint density at radius 3 is 1.26 bits per heavy atom. The smallest absolute Gasteiger partial charge is 0.352 e. The van der Waals surface area contributed by atoms with Crippen molar-refractivity contribution in [1.82, 2.24) is 46.4 Å². The Labute approximate surface area is 759 Å². The maximum absolute atomic E-state index is 13.5. The van der Waals surface area contributed by atoms with Gasteiger partial charge in [-0.1, -0.05) is 31.1 Å².